The molecule has 4 nitrogen and oxygen atoms in total. The SMILES string of the molecule is CC1(C2CCNC2)CN(c2cccc(C(F)(F)F)c2)C(=O)O1. The fourth-order valence-electron chi connectivity index (χ4n) is 3.10. The van der Waals surface area contributed by atoms with Crippen LogP contribution in [0.25, 0.3) is 0 Å². The largest absolute Gasteiger partial charge is 0.441 e. The number of nitrogens with one attached hydrogen (secondary N) is 1. The second-order valence-corrected chi connectivity index (χ2v) is 6.00. The molecule has 1 aromatic carbocycles. The lowest BCUT2D eigenvalue weighted by Crippen LogP contribution is -2.40. The van der Waals surface area contributed by atoms with Crippen LogP contribution >= 0.6 is 0 Å². The van der Waals surface area contributed by atoms with Gasteiger partial charge in [0, 0.05) is 18.2 Å². The molecule has 0 aromatic heterocycles. The molecular weight excluding hydrogens is 297 g/mol. The van der Waals surface area contributed by atoms with Crippen LogP contribution in [0, 0.1) is 5.92 Å². The Kier molecular flexibility index (Phi) is 3.55. The summed E-state index contributed by atoms with van der Waals surface area (Å²) in [6.45, 7) is 3.72. The number of cyclic esters (lactones) is 1. The van der Waals surface area contributed by atoms with Crippen LogP contribution in [0.3, 0.4) is 0 Å². The van der Waals surface area contributed by atoms with Crippen molar-refractivity contribution < 1.29 is 22.7 Å². The Hall–Kier alpha value is -1.76. The molecule has 2 fully saturated rings. The average molecular weight is 314 g/mol. The van der Waals surface area contributed by atoms with E-state index in [0.717, 1.165) is 31.6 Å². The number of anilines is 1. The normalized spacial score (nSPS) is 29.0. The maximum atomic E-state index is 12.8. The highest BCUT2D eigenvalue weighted by Gasteiger charge is 2.48. The lowest BCUT2D eigenvalue weighted by molar-refractivity contribution is -0.137. The van der Waals surface area contributed by atoms with Crippen molar-refractivity contribution in [1.82, 2.24) is 5.32 Å². The summed E-state index contributed by atoms with van der Waals surface area (Å²) in [4.78, 5) is 13.4. The summed E-state index contributed by atoms with van der Waals surface area (Å²) >= 11 is 0. The van der Waals surface area contributed by atoms with E-state index < -0.39 is 23.4 Å². The monoisotopic (exact) mass is 314 g/mol. The van der Waals surface area contributed by atoms with Crippen LogP contribution in [0.15, 0.2) is 24.3 Å². The standard InChI is InChI=1S/C15H17F3N2O2/c1-14(11-5-6-19-8-11)9-20(13(21)22-14)12-4-2-3-10(7-12)15(16,17)18/h2-4,7,11,19H,5-6,8-9H2,1H3. The number of ether oxygens (including phenoxy) is 1. The lowest BCUT2D eigenvalue weighted by Gasteiger charge is -2.28. The first-order valence-electron chi connectivity index (χ1n) is 7.18. The third kappa shape index (κ3) is 2.65. The maximum Gasteiger partial charge on any atom is 0.416 e. The predicted molar refractivity (Wildman–Crippen MR) is 74.7 cm³/mol. The molecule has 2 aliphatic heterocycles. The minimum Gasteiger partial charge on any atom is -0.441 e. The van der Waals surface area contributed by atoms with Crippen molar-refractivity contribution in [2.24, 2.45) is 5.92 Å². The van der Waals surface area contributed by atoms with Gasteiger partial charge < -0.3 is 10.1 Å². The maximum absolute atomic E-state index is 12.8. The highest BCUT2D eigenvalue weighted by atomic mass is 19.4. The van der Waals surface area contributed by atoms with Crippen molar-refractivity contribution in [3.8, 4) is 0 Å². The third-order valence-corrected chi connectivity index (χ3v) is 4.42. The summed E-state index contributed by atoms with van der Waals surface area (Å²) in [5, 5.41) is 3.21. The van der Waals surface area contributed by atoms with E-state index in [1.165, 1.54) is 17.0 Å². The third-order valence-electron chi connectivity index (χ3n) is 4.42. The van der Waals surface area contributed by atoms with E-state index in [0.29, 0.717) is 0 Å². The molecule has 0 bridgehead atoms. The molecule has 1 aromatic rings. The Morgan fingerprint density at radius 1 is 1.41 bits per heavy atom. The topological polar surface area (TPSA) is 41.6 Å². The fourth-order valence-corrected chi connectivity index (χ4v) is 3.10. The van der Waals surface area contributed by atoms with Gasteiger partial charge in [-0.2, -0.15) is 13.2 Å². The number of carbonyl (C=O) groups excluding carboxylic acids is 1. The van der Waals surface area contributed by atoms with E-state index in [-0.39, 0.29) is 18.2 Å². The van der Waals surface area contributed by atoms with Gasteiger partial charge in [-0.25, -0.2) is 4.79 Å². The van der Waals surface area contributed by atoms with Crippen molar-refractivity contribution >= 4 is 11.8 Å². The molecule has 0 saturated carbocycles. The van der Waals surface area contributed by atoms with Gasteiger partial charge in [-0.3, -0.25) is 4.90 Å². The molecule has 2 heterocycles. The zero-order valence-corrected chi connectivity index (χ0v) is 12.1. The Morgan fingerprint density at radius 2 is 2.18 bits per heavy atom. The molecule has 3 rings (SSSR count). The molecule has 1 N–H and O–H groups in total. The van der Waals surface area contributed by atoms with Gasteiger partial charge in [-0.15, -0.1) is 0 Å². The summed E-state index contributed by atoms with van der Waals surface area (Å²) in [6, 6.07) is 4.78. The minimum absolute atomic E-state index is 0.173. The molecule has 2 saturated heterocycles. The average Bonchev–Trinajstić information content (AvgIpc) is 3.07. The zero-order valence-electron chi connectivity index (χ0n) is 12.1. The van der Waals surface area contributed by atoms with Gasteiger partial charge in [-0.1, -0.05) is 6.07 Å². The Morgan fingerprint density at radius 3 is 2.82 bits per heavy atom. The number of hydrogen-bond donors (Lipinski definition) is 1. The van der Waals surface area contributed by atoms with Gasteiger partial charge in [0.25, 0.3) is 0 Å². The number of nitrogens with zero attached hydrogens (tertiary/aromatic N) is 1. The molecule has 22 heavy (non-hydrogen) atoms. The second-order valence-electron chi connectivity index (χ2n) is 6.00. The number of rotatable bonds is 2. The number of alkyl halides is 3. The number of hydrogen-bond acceptors (Lipinski definition) is 3. The molecule has 7 heteroatoms. The van der Waals surface area contributed by atoms with E-state index in [4.69, 9.17) is 4.74 Å². The van der Waals surface area contributed by atoms with Gasteiger partial charge in [0.15, 0.2) is 0 Å². The zero-order chi connectivity index (χ0) is 16.0. The first kappa shape index (κ1) is 15.1. The van der Waals surface area contributed by atoms with Crippen LogP contribution in [0.5, 0.6) is 0 Å². The Bertz CT molecular complexity index is 584. The highest BCUT2D eigenvalue weighted by Crippen LogP contribution is 2.37. The summed E-state index contributed by atoms with van der Waals surface area (Å²) < 4.78 is 43.9. The summed E-state index contributed by atoms with van der Waals surface area (Å²) in [7, 11) is 0. The molecule has 0 aliphatic carbocycles. The predicted octanol–water partition coefficient (Wildman–Crippen LogP) is 3.03. The summed E-state index contributed by atoms with van der Waals surface area (Å²) in [6.07, 6.45) is -4.13. The quantitative estimate of drug-likeness (QED) is 0.912. The van der Waals surface area contributed by atoms with E-state index in [9.17, 15) is 18.0 Å². The van der Waals surface area contributed by atoms with Gasteiger partial charge in [0.1, 0.15) is 5.60 Å². The van der Waals surface area contributed by atoms with Crippen molar-refractivity contribution in [1.29, 1.82) is 0 Å². The van der Waals surface area contributed by atoms with Gasteiger partial charge in [0.05, 0.1) is 12.1 Å². The summed E-state index contributed by atoms with van der Waals surface area (Å²) in [5.41, 5.74) is -1.22. The molecule has 0 spiro atoms. The van der Waals surface area contributed by atoms with E-state index in [1.54, 1.807) is 0 Å². The van der Waals surface area contributed by atoms with Crippen molar-refractivity contribution in [3.05, 3.63) is 29.8 Å². The first-order chi connectivity index (χ1) is 10.3. The van der Waals surface area contributed by atoms with Gasteiger partial charge >= 0.3 is 12.3 Å². The molecule has 120 valence electrons. The summed E-state index contributed by atoms with van der Waals surface area (Å²) in [5.74, 6) is 0.173. The lowest BCUT2D eigenvalue weighted by atomic mass is 9.88. The Balaban J connectivity index is 1.85. The minimum atomic E-state index is -4.43. The highest BCUT2D eigenvalue weighted by molar-refractivity contribution is 5.90. The smallest absolute Gasteiger partial charge is 0.416 e. The van der Waals surface area contributed by atoms with Crippen LogP contribution in [0.2, 0.25) is 0 Å². The van der Waals surface area contributed by atoms with Gasteiger partial charge in [-0.05, 0) is 38.1 Å². The van der Waals surface area contributed by atoms with E-state index >= 15 is 0 Å². The molecule has 2 aliphatic rings. The molecule has 1 amide bonds. The van der Waals surface area contributed by atoms with E-state index in [2.05, 4.69) is 5.32 Å². The first-order valence-corrected chi connectivity index (χ1v) is 7.18. The van der Waals surface area contributed by atoms with Crippen LogP contribution in [-0.2, 0) is 10.9 Å². The molecular formula is C15H17F3N2O2. The number of carbonyl (C=O) groups is 1. The molecule has 0 radical (unpaired) electrons. The van der Waals surface area contributed by atoms with Crippen LogP contribution < -0.4 is 10.2 Å². The van der Waals surface area contributed by atoms with Crippen molar-refractivity contribution in [3.63, 3.8) is 0 Å². The molecule has 2 unspecified atom stereocenters. The fraction of sp³-hybridized carbons (Fsp3) is 0.533. The number of halogens is 3. The van der Waals surface area contributed by atoms with Crippen LogP contribution in [0.4, 0.5) is 23.7 Å². The second kappa shape index (κ2) is 5.15. The van der Waals surface area contributed by atoms with Crippen LogP contribution in [0.1, 0.15) is 18.9 Å². The van der Waals surface area contributed by atoms with Gasteiger partial charge in [0.2, 0.25) is 0 Å². The number of benzene rings is 1. The van der Waals surface area contributed by atoms with E-state index in [1.807, 2.05) is 6.92 Å². The number of amides is 1. The van der Waals surface area contributed by atoms with Crippen molar-refractivity contribution in [2.45, 2.75) is 25.1 Å². The van der Waals surface area contributed by atoms with Crippen molar-refractivity contribution in [2.75, 3.05) is 24.5 Å². The van der Waals surface area contributed by atoms with Crippen LogP contribution in [-0.4, -0.2) is 31.3 Å². The molecule has 2 atom stereocenters. The Labute approximate surface area is 126 Å².